The zero-order valence-electron chi connectivity index (χ0n) is 29.1. The minimum Gasteiger partial charge on any atom is -0.355 e. The van der Waals surface area contributed by atoms with E-state index in [4.69, 9.17) is 9.42 Å². The number of rotatable bonds is 18. The molecule has 3 aromatic rings. The number of fused-ring (bicyclic) bond motifs is 2. The van der Waals surface area contributed by atoms with Gasteiger partial charge in [-0.15, -0.1) is 0 Å². The molecule has 0 aliphatic carbocycles. The number of hydrogen-bond donors (Lipinski definition) is 3. The molecule has 2 unspecified atom stereocenters. The fourth-order valence-corrected chi connectivity index (χ4v) is 8.30. The Morgan fingerprint density at radius 1 is 0.920 bits per heavy atom. The van der Waals surface area contributed by atoms with Crippen LogP contribution in [0.2, 0.25) is 0 Å². The third-order valence-corrected chi connectivity index (χ3v) is 11.8. The van der Waals surface area contributed by atoms with E-state index in [1.807, 2.05) is 60.7 Å². The summed E-state index contributed by atoms with van der Waals surface area (Å²) in [7, 11) is -0.0179. The first-order valence-electron chi connectivity index (χ1n) is 17.1. The SMILES string of the molecule is C/C1=C/c2ccccc2N(C(=O)CCC(=O)NCCSSC(C)c2ccc(C(=O)NCCCCCCOP(C)(=O)O)cc2)Cc2ccccc21. The summed E-state index contributed by atoms with van der Waals surface area (Å²) in [5, 5.41) is 6.10. The Morgan fingerprint density at radius 2 is 1.64 bits per heavy atom. The summed E-state index contributed by atoms with van der Waals surface area (Å²) >= 11 is 0. The summed E-state index contributed by atoms with van der Waals surface area (Å²) in [6.45, 7) is 7.19. The van der Waals surface area contributed by atoms with Crippen molar-refractivity contribution in [3.63, 3.8) is 0 Å². The van der Waals surface area contributed by atoms with Crippen molar-refractivity contribution in [2.75, 3.05) is 37.0 Å². The van der Waals surface area contributed by atoms with Gasteiger partial charge in [-0.05, 0) is 78.8 Å². The smallest absolute Gasteiger partial charge is 0.325 e. The van der Waals surface area contributed by atoms with Crippen LogP contribution in [0.4, 0.5) is 5.69 Å². The van der Waals surface area contributed by atoms with Gasteiger partial charge in [0.1, 0.15) is 0 Å². The lowest BCUT2D eigenvalue weighted by Gasteiger charge is -2.28. The number of hydrogen-bond acceptors (Lipinski definition) is 7. The predicted octanol–water partition coefficient (Wildman–Crippen LogP) is 8.25. The second-order valence-electron chi connectivity index (χ2n) is 12.4. The number of nitrogens with one attached hydrogen (secondary N) is 2. The summed E-state index contributed by atoms with van der Waals surface area (Å²) in [6.07, 6.45) is 5.69. The minimum atomic E-state index is -3.40. The van der Waals surface area contributed by atoms with Crippen LogP contribution in [0.3, 0.4) is 0 Å². The molecule has 268 valence electrons. The van der Waals surface area contributed by atoms with Crippen molar-refractivity contribution in [2.24, 2.45) is 0 Å². The molecule has 0 radical (unpaired) electrons. The van der Waals surface area contributed by atoms with E-state index in [2.05, 4.69) is 42.7 Å². The van der Waals surface area contributed by atoms with Gasteiger partial charge in [0.2, 0.25) is 11.8 Å². The van der Waals surface area contributed by atoms with E-state index < -0.39 is 7.60 Å². The first-order chi connectivity index (χ1) is 24.0. The van der Waals surface area contributed by atoms with E-state index in [-0.39, 0.29) is 42.4 Å². The first-order valence-corrected chi connectivity index (χ1v) is 21.5. The number of benzene rings is 3. The summed E-state index contributed by atoms with van der Waals surface area (Å²) in [6, 6.07) is 23.7. The molecule has 50 heavy (non-hydrogen) atoms. The molecule has 3 amide bonds. The second kappa shape index (κ2) is 19.9. The quantitative estimate of drug-likeness (QED) is 0.0678. The van der Waals surface area contributed by atoms with E-state index in [0.717, 1.165) is 58.5 Å². The minimum absolute atomic E-state index is 0.0775. The lowest BCUT2D eigenvalue weighted by Crippen LogP contribution is -2.33. The number of anilines is 1. The molecule has 1 aliphatic heterocycles. The number of unbranched alkanes of at least 4 members (excludes halogenated alkanes) is 3. The number of nitrogens with zero attached hydrogens (tertiary/aromatic N) is 1. The molecule has 0 fully saturated rings. The number of allylic oxidation sites excluding steroid dienone is 1. The lowest BCUT2D eigenvalue weighted by molar-refractivity contribution is -0.125. The van der Waals surface area contributed by atoms with Gasteiger partial charge in [-0.3, -0.25) is 18.9 Å². The monoisotopic (exact) mass is 737 g/mol. The van der Waals surface area contributed by atoms with Crippen molar-refractivity contribution in [3.05, 3.63) is 101 Å². The van der Waals surface area contributed by atoms with Crippen LogP contribution in [-0.2, 0) is 25.2 Å². The zero-order valence-corrected chi connectivity index (χ0v) is 31.6. The van der Waals surface area contributed by atoms with Gasteiger partial charge in [0.25, 0.3) is 5.91 Å². The fourth-order valence-electron chi connectivity index (χ4n) is 5.59. The molecule has 0 bridgehead atoms. The summed E-state index contributed by atoms with van der Waals surface area (Å²) in [4.78, 5) is 49.5. The fraction of sp³-hybridized carbons (Fsp3) is 0.395. The molecular weight excluding hydrogens is 690 g/mol. The third-order valence-electron chi connectivity index (χ3n) is 8.29. The van der Waals surface area contributed by atoms with E-state index in [9.17, 15) is 18.9 Å². The highest BCUT2D eigenvalue weighted by Gasteiger charge is 2.23. The van der Waals surface area contributed by atoms with Crippen LogP contribution < -0.4 is 15.5 Å². The molecule has 0 saturated carbocycles. The number of para-hydroxylation sites is 1. The van der Waals surface area contributed by atoms with Crippen LogP contribution in [-0.4, -0.2) is 54.7 Å². The van der Waals surface area contributed by atoms with Crippen LogP contribution in [0.5, 0.6) is 0 Å². The maximum absolute atomic E-state index is 13.5. The van der Waals surface area contributed by atoms with Crippen molar-refractivity contribution < 1.29 is 28.4 Å². The van der Waals surface area contributed by atoms with Crippen LogP contribution in [0.1, 0.15) is 90.2 Å². The van der Waals surface area contributed by atoms with Crippen LogP contribution in [0, 0.1) is 0 Å². The van der Waals surface area contributed by atoms with Crippen molar-refractivity contribution in [1.82, 2.24) is 10.6 Å². The van der Waals surface area contributed by atoms with Gasteiger partial charge >= 0.3 is 7.60 Å². The molecule has 2 atom stereocenters. The van der Waals surface area contributed by atoms with E-state index in [1.54, 1.807) is 26.5 Å². The van der Waals surface area contributed by atoms with Crippen molar-refractivity contribution in [2.45, 2.75) is 64.2 Å². The van der Waals surface area contributed by atoms with E-state index in [0.29, 0.717) is 31.6 Å². The Balaban J connectivity index is 1.12. The average molecular weight is 738 g/mol. The van der Waals surface area contributed by atoms with Gasteiger partial charge in [0.05, 0.1) is 18.8 Å². The van der Waals surface area contributed by atoms with E-state index in [1.165, 1.54) is 6.66 Å². The summed E-state index contributed by atoms with van der Waals surface area (Å²) in [5.74, 6) is 0.407. The maximum atomic E-state index is 13.5. The van der Waals surface area contributed by atoms with Gasteiger partial charge in [0.15, 0.2) is 0 Å². The molecule has 0 aromatic heterocycles. The number of carbonyl (C=O) groups excluding carboxylic acids is 3. The highest BCUT2D eigenvalue weighted by atomic mass is 33.1. The van der Waals surface area contributed by atoms with Gasteiger partial charge in [0, 0.05) is 49.2 Å². The second-order valence-corrected chi connectivity index (χ2v) is 17.1. The molecule has 12 heteroatoms. The topological polar surface area (TPSA) is 125 Å². The predicted molar refractivity (Wildman–Crippen MR) is 207 cm³/mol. The van der Waals surface area contributed by atoms with Crippen LogP contribution >= 0.6 is 29.2 Å². The number of amides is 3. The lowest BCUT2D eigenvalue weighted by atomic mass is 9.95. The van der Waals surface area contributed by atoms with E-state index >= 15 is 0 Å². The Labute approximate surface area is 304 Å². The Kier molecular flexibility index (Phi) is 15.7. The summed E-state index contributed by atoms with van der Waals surface area (Å²) in [5.41, 5.74) is 6.93. The average Bonchev–Trinajstić information content (AvgIpc) is 3.09. The third kappa shape index (κ3) is 12.8. The van der Waals surface area contributed by atoms with Gasteiger partial charge in [-0.1, -0.05) is 89.0 Å². The summed E-state index contributed by atoms with van der Waals surface area (Å²) < 4.78 is 16.0. The molecule has 4 rings (SSSR count). The van der Waals surface area contributed by atoms with Gasteiger partial charge in [-0.25, -0.2) is 0 Å². The maximum Gasteiger partial charge on any atom is 0.325 e. The molecule has 3 N–H and O–H groups in total. The molecule has 0 saturated heterocycles. The number of carbonyl (C=O) groups is 3. The Bertz CT molecular complexity index is 1680. The highest BCUT2D eigenvalue weighted by molar-refractivity contribution is 8.76. The Morgan fingerprint density at radius 3 is 2.42 bits per heavy atom. The normalized spacial score (nSPS) is 15.3. The van der Waals surface area contributed by atoms with Crippen molar-refractivity contribution >= 4 is 64.2 Å². The zero-order chi connectivity index (χ0) is 35.9. The molecule has 0 spiro atoms. The van der Waals surface area contributed by atoms with Crippen LogP contribution in [0.15, 0.2) is 72.8 Å². The molecule has 3 aromatic carbocycles. The molecule has 1 heterocycles. The van der Waals surface area contributed by atoms with Crippen molar-refractivity contribution in [3.8, 4) is 0 Å². The highest BCUT2D eigenvalue weighted by Crippen LogP contribution is 2.38. The standard InChI is InChI=1S/C38H48N3O6PS2/c1-28-26-32-12-7-9-15-35(32)41(27-33-13-6-8-14-34(28)33)37(43)21-20-36(42)39-23-25-49-50-29(2)30-16-18-31(19-17-30)38(44)40-22-10-4-5-11-24-47-48(3,45)46/h6-9,12-19,26,29H,4-5,10-11,20-25,27H2,1-3H3,(H,39,42)(H,40,44)(H,45,46)/b28-26-. The first kappa shape index (κ1) is 39.4. The molecule has 1 aliphatic rings. The van der Waals surface area contributed by atoms with Crippen LogP contribution in [0.25, 0.3) is 11.6 Å². The van der Waals surface area contributed by atoms with Gasteiger partial charge in [-0.2, -0.15) is 0 Å². The molecule has 9 nitrogen and oxygen atoms in total. The largest absolute Gasteiger partial charge is 0.355 e. The Hall–Kier alpha value is -3.34. The molecular formula is C38H48N3O6PS2. The van der Waals surface area contributed by atoms with Gasteiger partial charge < -0.3 is 25.0 Å². The van der Waals surface area contributed by atoms with Crippen molar-refractivity contribution in [1.29, 1.82) is 0 Å².